The number of carbonyl (C=O) groups excluding carboxylic acids is 1. The van der Waals surface area contributed by atoms with E-state index in [1.54, 1.807) is 0 Å². The Labute approximate surface area is 143 Å². The van der Waals surface area contributed by atoms with Crippen molar-refractivity contribution in [3.8, 4) is 0 Å². The Morgan fingerprint density at radius 3 is 2.00 bits per heavy atom. The molecule has 0 bridgehead atoms. The molecule has 0 unspecified atom stereocenters. The van der Waals surface area contributed by atoms with Gasteiger partial charge in [0.1, 0.15) is 6.10 Å². The van der Waals surface area contributed by atoms with E-state index < -0.39 is 0 Å². The van der Waals surface area contributed by atoms with E-state index in [4.69, 9.17) is 4.74 Å². The molecule has 2 nitrogen and oxygen atoms in total. The highest BCUT2D eigenvalue weighted by atomic mass is 16.5. The van der Waals surface area contributed by atoms with Crippen LogP contribution >= 0.6 is 0 Å². The lowest BCUT2D eigenvalue weighted by molar-refractivity contribution is -0.157. The summed E-state index contributed by atoms with van der Waals surface area (Å²) < 4.78 is 5.86. The van der Waals surface area contributed by atoms with Gasteiger partial charge in [0, 0.05) is 0 Å². The summed E-state index contributed by atoms with van der Waals surface area (Å²) in [6.45, 7) is 4.53. The van der Waals surface area contributed by atoms with E-state index in [9.17, 15) is 4.79 Å². The summed E-state index contributed by atoms with van der Waals surface area (Å²) in [5, 5.41) is 0. The van der Waals surface area contributed by atoms with Gasteiger partial charge in [-0.15, -0.1) is 0 Å². The molecule has 0 saturated heterocycles. The normalized spacial score (nSPS) is 31.7. The van der Waals surface area contributed by atoms with Crippen LogP contribution < -0.4 is 0 Å². The van der Waals surface area contributed by atoms with Crippen molar-refractivity contribution in [1.82, 2.24) is 0 Å². The van der Waals surface area contributed by atoms with Gasteiger partial charge in [-0.05, 0) is 63.2 Å². The molecule has 0 aromatic carbocycles. The smallest absolute Gasteiger partial charge is 0.309 e. The molecule has 2 fully saturated rings. The SMILES string of the molecule is CCCCC[C@H]1CC[C@H](OC(=O)C2CCC(CCC)CC2)CC1. The molecule has 23 heavy (non-hydrogen) atoms. The summed E-state index contributed by atoms with van der Waals surface area (Å²) in [4.78, 5) is 12.4. The topological polar surface area (TPSA) is 26.3 Å². The van der Waals surface area contributed by atoms with Gasteiger partial charge in [0.2, 0.25) is 0 Å². The Hall–Kier alpha value is -0.530. The Balaban J connectivity index is 1.61. The monoisotopic (exact) mass is 322 g/mol. The van der Waals surface area contributed by atoms with Gasteiger partial charge in [-0.25, -0.2) is 0 Å². The lowest BCUT2D eigenvalue weighted by Crippen LogP contribution is -2.30. The molecule has 0 aliphatic heterocycles. The molecule has 0 atom stereocenters. The van der Waals surface area contributed by atoms with Crippen LogP contribution in [-0.2, 0) is 9.53 Å². The first kappa shape index (κ1) is 18.8. The zero-order chi connectivity index (χ0) is 16.5. The van der Waals surface area contributed by atoms with E-state index in [1.807, 2.05) is 0 Å². The first-order chi connectivity index (χ1) is 11.2. The predicted octanol–water partition coefficient (Wildman–Crippen LogP) is 6.28. The van der Waals surface area contributed by atoms with Gasteiger partial charge in [-0.2, -0.15) is 0 Å². The summed E-state index contributed by atoms with van der Waals surface area (Å²) in [7, 11) is 0. The maximum absolute atomic E-state index is 12.4. The second-order valence-electron chi connectivity index (χ2n) is 8.08. The molecular formula is C21H38O2. The second-order valence-corrected chi connectivity index (χ2v) is 8.08. The standard InChI is InChI=1S/C21H38O2/c1-3-5-6-8-18-11-15-20(16-12-18)23-21(22)19-13-9-17(7-4-2)10-14-19/h17-20H,3-16H2,1-2H3/t17?,18-,19?,20-. The quantitative estimate of drug-likeness (QED) is 0.388. The van der Waals surface area contributed by atoms with E-state index in [0.29, 0.717) is 0 Å². The second kappa shape index (κ2) is 10.4. The van der Waals surface area contributed by atoms with Crippen LogP contribution in [-0.4, -0.2) is 12.1 Å². The third-order valence-corrected chi connectivity index (χ3v) is 6.17. The summed E-state index contributed by atoms with van der Waals surface area (Å²) in [5.41, 5.74) is 0. The minimum atomic E-state index is 0.120. The molecule has 0 amide bonds. The van der Waals surface area contributed by atoms with Crippen LogP contribution in [0, 0.1) is 17.8 Å². The van der Waals surface area contributed by atoms with Crippen molar-refractivity contribution >= 4 is 5.97 Å². The van der Waals surface area contributed by atoms with Gasteiger partial charge in [-0.3, -0.25) is 4.79 Å². The molecule has 2 aliphatic carbocycles. The van der Waals surface area contributed by atoms with Crippen LogP contribution in [0.3, 0.4) is 0 Å². The van der Waals surface area contributed by atoms with Gasteiger partial charge in [0.05, 0.1) is 5.92 Å². The van der Waals surface area contributed by atoms with E-state index in [2.05, 4.69) is 13.8 Å². The summed E-state index contributed by atoms with van der Waals surface area (Å²) >= 11 is 0. The molecule has 2 rings (SSSR count). The lowest BCUT2D eigenvalue weighted by atomic mass is 9.80. The van der Waals surface area contributed by atoms with Crippen LogP contribution in [0.1, 0.15) is 104 Å². The number of esters is 1. The fraction of sp³-hybridized carbons (Fsp3) is 0.952. The number of hydrogen-bond donors (Lipinski definition) is 0. The van der Waals surface area contributed by atoms with E-state index in [1.165, 1.54) is 64.2 Å². The van der Waals surface area contributed by atoms with Crippen LogP contribution in [0.5, 0.6) is 0 Å². The van der Waals surface area contributed by atoms with Gasteiger partial charge >= 0.3 is 5.97 Å². The number of rotatable bonds is 8. The first-order valence-corrected chi connectivity index (χ1v) is 10.4. The Morgan fingerprint density at radius 2 is 1.39 bits per heavy atom. The molecule has 0 aromatic heterocycles. The Bertz CT molecular complexity index is 323. The van der Waals surface area contributed by atoms with Crippen molar-refractivity contribution in [3.63, 3.8) is 0 Å². The van der Waals surface area contributed by atoms with Crippen molar-refractivity contribution in [2.45, 2.75) is 110 Å². The van der Waals surface area contributed by atoms with Crippen LogP contribution in [0.15, 0.2) is 0 Å². The van der Waals surface area contributed by atoms with E-state index in [-0.39, 0.29) is 18.0 Å². The van der Waals surface area contributed by atoms with E-state index in [0.717, 1.165) is 37.5 Å². The molecule has 0 radical (unpaired) electrons. The highest BCUT2D eigenvalue weighted by Gasteiger charge is 2.30. The molecule has 0 aromatic rings. The first-order valence-electron chi connectivity index (χ1n) is 10.4. The van der Waals surface area contributed by atoms with Gasteiger partial charge in [0.25, 0.3) is 0 Å². The molecule has 2 aliphatic rings. The summed E-state index contributed by atoms with van der Waals surface area (Å²) in [6, 6.07) is 0. The third kappa shape index (κ3) is 6.47. The minimum Gasteiger partial charge on any atom is -0.462 e. The van der Waals surface area contributed by atoms with Gasteiger partial charge in [-0.1, -0.05) is 52.4 Å². The van der Waals surface area contributed by atoms with Crippen molar-refractivity contribution in [2.75, 3.05) is 0 Å². The number of unbranched alkanes of at least 4 members (excludes halogenated alkanes) is 2. The number of carbonyl (C=O) groups is 1. The van der Waals surface area contributed by atoms with Gasteiger partial charge < -0.3 is 4.74 Å². The summed E-state index contributed by atoms with van der Waals surface area (Å²) in [5.74, 6) is 2.07. The van der Waals surface area contributed by atoms with Crippen LogP contribution in [0.25, 0.3) is 0 Å². The molecule has 0 spiro atoms. The Kier molecular flexibility index (Phi) is 8.47. The minimum absolute atomic E-state index is 0.120. The molecule has 2 saturated carbocycles. The largest absolute Gasteiger partial charge is 0.462 e. The van der Waals surface area contributed by atoms with Gasteiger partial charge in [0.15, 0.2) is 0 Å². The molecular weight excluding hydrogens is 284 g/mol. The van der Waals surface area contributed by atoms with Crippen LogP contribution in [0.4, 0.5) is 0 Å². The average Bonchev–Trinajstić information content (AvgIpc) is 2.57. The molecule has 134 valence electrons. The fourth-order valence-electron chi connectivity index (χ4n) is 4.58. The highest BCUT2D eigenvalue weighted by molar-refractivity contribution is 5.72. The maximum Gasteiger partial charge on any atom is 0.309 e. The molecule has 0 N–H and O–H groups in total. The molecule has 2 heteroatoms. The third-order valence-electron chi connectivity index (χ3n) is 6.17. The van der Waals surface area contributed by atoms with Crippen molar-refractivity contribution < 1.29 is 9.53 Å². The zero-order valence-corrected chi connectivity index (χ0v) is 15.5. The zero-order valence-electron chi connectivity index (χ0n) is 15.5. The highest BCUT2D eigenvalue weighted by Crippen LogP contribution is 2.34. The number of hydrogen-bond acceptors (Lipinski definition) is 2. The van der Waals surface area contributed by atoms with Crippen molar-refractivity contribution in [3.05, 3.63) is 0 Å². The molecule has 0 heterocycles. The van der Waals surface area contributed by atoms with Crippen molar-refractivity contribution in [1.29, 1.82) is 0 Å². The fourth-order valence-corrected chi connectivity index (χ4v) is 4.58. The lowest BCUT2D eigenvalue weighted by Gasteiger charge is -2.31. The predicted molar refractivity (Wildman–Crippen MR) is 96.3 cm³/mol. The summed E-state index contributed by atoms with van der Waals surface area (Å²) in [6.07, 6.45) is 17.6. The number of ether oxygens (including phenoxy) is 1. The van der Waals surface area contributed by atoms with Crippen molar-refractivity contribution in [2.24, 2.45) is 17.8 Å². The van der Waals surface area contributed by atoms with E-state index >= 15 is 0 Å². The van der Waals surface area contributed by atoms with Crippen LogP contribution in [0.2, 0.25) is 0 Å². The maximum atomic E-state index is 12.4. The Morgan fingerprint density at radius 1 is 0.783 bits per heavy atom. The average molecular weight is 323 g/mol.